The van der Waals surface area contributed by atoms with E-state index in [-0.39, 0.29) is 23.4 Å². The molecule has 1 aromatic rings. The second-order valence-electron chi connectivity index (χ2n) is 4.95. The first-order chi connectivity index (χ1) is 10.0. The van der Waals surface area contributed by atoms with Crippen LogP contribution in [0.15, 0.2) is 18.2 Å². The number of aromatic carboxylic acids is 1. The number of anilines is 1. The van der Waals surface area contributed by atoms with Crippen molar-refractivity contribution in [1.29, 1.82) is 0 Å². The fourth-order valence-corrected chi connectivity index (χ4v) is 3.43. The standard InChI is InChI=1S/C14H18N2O4S/c1-21-12-4-2-3-10(12)16-14(20)15-8-5-6-9(13(18)19)11(17)7-8/h5-7,10,12,17H,2-4H2,1H3,(H,18,19)(H2,15,16,20). The molecular formula is C14H18N2O4S. The predicted molar refractivity (Wildman–Crippen MR) is 82.2 cm³/mol. The first-order valence-corrected chi connectivity index (χ1v) is 7.96. The Bertz CT molecular complexity index is 550. The molecule has 1 fully saturated rings. The van der Waals surface area contributed by atoms with Crippen molar-refractivity contribution >= 4 is 29.4 Å². The van der Waals surface area contributed by atoms with E-state index in [9.17, 15) is 14.7 Å². The fraction of sp³-hybridized carbons (Fsp3) is 0.429. The number of aromatic hydroxyl groups is 1. The maximum Gasteiger partial charge on any atom is 0.339 e. The number of benzene rings is 1. The molecule has 0 heterocycles. The minimum absolute atomic E-state index is 0.145. The first-order valence-electron chi connectivity index (χ1n) is 6.68. The Morgan fingerprint density at radius 2 is 2.10 bits per heavy atom. The third-order valence-electron chi connectivity index (χ3n) is 3.56. The molecule has 2 unspecified atom stereocenters. The summed E-state index contributed by atoms with van der Waals surface area (Å²) in [4.78, 5) is 22.7. The smallest absolute Gasteiger partial charge is 0.339 e. The molecule has 0 radical (unpaired) electrons. The van der Waals surface area contributed by atoms with E-state index in [2.05, 4.69) is 10.6 Å². The normalized spacial score (nSPS) is 21.0. The summed E-state index contributed by atoms with van der Waals surface area (Å²) in [6, 6.07) is 3.73. The molecule has 1 aromatic carbocycles. The van der Waals surface area contributed by atoms with Crippen molar-refractivity contribution in [2.75, 3.05) is 11.6 Å². The molecule has 0 aromatic heterocycles. The highest BCUT2D eigenvalue weighted by Crippen LogP contribution is 2.28. The molecule has 1 aliphatic rings. The zero-order chi connectivity index (χ0) is 15.4. The van der Waals surface area contributed by atoms with Crippen molar-refractivity contribution in [2.24, 2.45) is 0 Å². The second-order valence-corrected chi connectivity index (χ2v) is 6.02. The number of rotatable bonds is 4. The van der Waals surface area contributed by atoms with Crippen molar-refractivity contribution < 1.29 is 19.8 Å². The highest BCUT2D eigenvalue weighted by atomic mass is 32.2. The van der Waals surface area contributed by atoms with Crippen LogP contribution in [0.25, 0.3) is 0 Å². The summed E-state index contributed by atoms with van der Waals surface area (Å²) < 4.78 is 0. The van der Waals surface area contributed by atoms with Gasteiger partial charge in [-0.05, 0) is 31.2 Å². The predicted octanol–water partition coefficient (Wildman–Crippen LogP) is 2.50. The number of phenols is 1. The number of nitrogens with one attached hydrogen (secondary N) is 2. The largest absolute Gasteiger partial charge is 0.507 e. The van der Waals surface area contributed by atoms with E-state index in [1.54, 1.807) is 11.8 Å². The average Bonchev–Trinajstić information content (AvgIpc) is 2.85. The lowest BCUT2D eigenvalue weighted by molar-refractivity contribution is 0.0694. The number of carbonyl (C=O) groups excluding carboxylic acids is 1. The molecule has 6 nitrogen and oxygen atoms in total. The van der Waals surface area contributed by atoms with E-state index in [1.807, 2.05) is 6.26 Å². The van der Waals surface area contributed by atoms with Gasteiger partial charge in [0.25, 0.3) is 0 Å². The summed E-state index contributed by atoms with van der Waals surface area (Å²) in [6.07, 6.45) is 5.19. The van der Waals surface area contributed by atoms with E-state index in [1.165, 1.54) is 18.2 Å². The van der Waals surface area contributed by atoms with E-state index >= 15 is 0 Å². The maximum absolute atomic E-state index is 11.9. The van der Waals surface area contributed by atoms with Crippen molar-refractivity contribution in [3.05, 3.63) is 23.8 Å². The Balaban J connectivity index is 1.96. The van der Waals surface area contributed by atoms with Crippen molar-refractivity contribution in [1.82, 2.24) is 5.32 Å². The summed E-state index contributed by atoms with van der Waals surface area (Å²) in [5.41, 5.74) is 0.160. The second kappa shape index (κ2) is 6.71. The van der Waals surface area contributed by atoms with Crippen LogP contribution >= 0.6 is 11.8 Å². The molecule has 4 N–H and O–H groups in total. The van der Waals surface area contributed by atoms with Gasteiger partial charge in [-0.15, -0.1) is 0 Å². The molecule has 2 amide bonds. The molecular weight excluding hydrogens is 292 g/mol. The molecule has 114 valence electrons. The van der Waals surface area contributed by atoms with Gasteiger partial charge < -0.3 is 20.8 Å². The first kappa shape index (κ1) is 15.5. The van der Waals surface area contributed by atoms with Gasteiger partial charge in [0.1, 0.15) is 11.3 Å². The Morgan fingerprint density at radius 1 is 1.33 bits per heavy atom. The van der Waals surface area contributed by atoms with E-state index in [4.69, 9.17) is 5.11 Å². The molecule has 0 spiro atoms. The summed E-state index contributed by atoms with van der Waals surface area (Å²) in [5.74, 6) is -1.58. The fourth-order valence-electron chi connectivity index (χ4n) is 2.50. The summed E-state index contributed by atoms with van der Waals surface area (Å²) >= 11 is 1.75. The van der Waals surface area contributed by atoms with Gasteiger partial charge in [-0.3, -0.25) is 0 Å². The minimum atomic E-state index is -1.21. The molecule has 0 aliphatic heterocycles. The average molecular weight is 310 g/mol. The van der Waals surface area contributed by atoms with Crippen LogP contribution in [0.4, 0.5) is 10.5 Å². The Morgan fingerprint density at radius 3 is 2.71 bits per heavy atom. The minimum Gasteiger partial charge on any atom is -0.507 e. The lowest BCUT2D eigenvalue weighted by Gasteiger charge is -2.19. The van der Waals surface area contributed by atoms with Gasteiger partial charge in [0.05, 0.1) is 0 Å². The molecule has 1 aliphatic carbocycles. The Labute approximate surface area is 126 Å². The third-order valence-corrected chi connectivity index (χ3v) is 4.73. The highest BCUT2D eigenvalue weighted by Gasteiger charge is 2.27. The van der Waals surface area contributed by atoms with Crippen LogP contribution in [0.3, 0.4) is 0 Å². The molecule has 2 atom stereocenters. The van der Waals surface area contributed by atoms with Crippen molar-refractivity contribution in [3.63, 3.8) is 0 Å². The van der Waals surface area contributed by atoms with Crippen LogP contribution in [0, 0.1) is 0 Å². The molecule has 0 saturated heterocycles. The van der Waals surface area contributed by atoms with Crippen LogP contribution in [-0.4, -0.2) is 39.8 Å². The number of carbonyl (C=O) groups is 2. The van der Waals surface area contributed by atoms with Crippen molar-refractivity contribution in [2.45, 2.75) is 30.6 Å². The van der Waals surface area contributed by atoms with Crippen LogP contribution in [0.1, 0.15) is 29.6 Å². The highest BCUT2D eigenvalue weighted by molar-refractivity contribution is 7.99. The zero-order valence-electron chi connectivity index (χ0n) is 11.6. The molecule has 7 heteroatoms. The Hall–Kier alpha value is -1.89. The number of thioether (sulfide) groups is 1. The number of amides is 2. The maximum atomic E-state index is 11.9. The van der Waals surface area contributed by atoms with Gasteiger partial charge in [-0.25, -0.2) is 9.59 Å². The van der Waals surface area contributed by atoms with Crippen LogP contribution in [0.5, 0.6) is 5.75 Å². The van der Waals surface area contributed by atoms with Gasteiger partial charge in [0.15, 0.2) is 0 Å². The zero-order valence-corrected chi connectivity index (χ0v) is 12.4. The Kier molecular flexibility index (Phi) is 4.95. The van der Waals surface area contributed by atoms with Gasteiger partial charge >= 0.3 is 12.0 Å². The lowest BCUT2D eigenvalue weighted by atomic mass is 10.2. The van der Waals surface area contributed by atoms with Crippen LogP contribution in [-0.2, 0) is 0 Å². The van der Waals surface area contributed by atoms with E-state index in [0.29, 0.717) is 10.9 Å². The monoisotopic (exact) mass is 310 g/mol. The SMILES string of the molecule is CSC1CCCC1NC(=O)Nc1ccc(C(=O)O)c(O)c1. The quantitative estimate of drug-likeness (QED) is 0.685. The van der Waals surface area contributed by atoms with E-state index < -0.39 is 5.97 Å². The van der Waals surface area contributed by atoms with Crippen LogP contribution in [0.2, 0.25) is 0 Å². The molecule has 2 rings (SSSR count). The third kappa shape index (κ3) is 3.81. The van der Waals surface area contributed by atoms with Gasteiger partial charge in [0.2, 0.25) is 0 Å². The molecule has 0 bridgehead atoms. The topological polar surface area (TPSA) is 98.7 Å². The van der Waals surface area contributed by atoms with E-state index in [0.717, 1.165) is 19.3 Å². The number of urea groups is 1. The molecule has 1 saturated carbocycles. The summed E-state index contributed by atoms with van der Waals surface area (Å²) in [6.45, 7) is 0. The van der Waals surface area contributed by atoms with Crippen LogP contribution < -0.4 is 10.6 Å². The lowest BCUT2D eigenvalue weighted by Crippen LogP contribution is -2.41. The number of carboxylic acids is 1. The number of hydrogen-bond acceptors (Lipinski definition) is 4. The van der Waals surface area contributed by atoms with Crippen molar-refractivity contribution in [3.8, 4) is 5.75 Å². The van der Waals surface area contributed by atoms with Gasteiger partial charge in [0, 0.05) is 23.0 Å². The van der Waals surface area contributed by atoms with Gasteiger partial charge in [-0.2, -0.15) is 11.8 Å². The summed E-state index contributed by atoms with van der Waals surface area (Å²) in [5, 5.41) is 24.4. The number of hydrogen-bond donors (Lipinski definition) is 4. The van der Waals surface area contributed by atoms with Gasteiger partial charge in [-0.1, -0.05) is 6.42 Å². The number of carboxylic acid groups (broad SMARTS) is 1. The molecule has 21 heavy (non-hydrogen) atoms. The summed E-state index contributed by atoms with van der Waals surface area (Å²) in [7, 11) is 0.